The van der Waals surface area contributed by atoms with Gasteiger partial charge in [-0.2, -0.15) is 0 Å². The second-order valence-corrected chi connectivity index (χ2v) is 10.6. The van der Waals surface area contributed by atoms with Gasteiger partial charge in [0.05, 0.1) is 6.26 Å². The number of pyridine rings is 1. The molecule has 0 aliphatic heterocycles. The first-order valence-electron chi connectivity index (χ1n) is 10.0. The standard InChI is InChI=1S/C25H28N2O3S/c1-17-6-13-23(24(28)26-17)20-14-19(15-21(16-20)25(2,3)4)8-7-18-9-11-22(12-10-18)27-31(5,29)30/h6-16,27H,1-5H3,(H,26,28)/b8-7+. The Hall–Kier alpha value is -3.12. The molecule has 6 heteroatoms. The second kappa shape index (κ2) is 8.55. The molecule has 0 unspecified atom stereocenters. The summed E-state index contributed by atoms with van der Waals surface area (Å²) in [6.45, 7) is 8.30. The molecule has 0 saturated carbocycles. The van der Waals surface area contributed by atoms with Crippen LogP contribution in [0.3, 0.4) is 0 Å². The van der Waals surface area contributed by atoms with Crippen LogP contribution < -0.4 is 10.3 Å². The Bertz CT molecular complexity index is 1280. The van der Waals surface area contributed by atoms with Crippen LogP contribution in [0.4, 0.5) is 5.69 Å². The topological polar surface area (TPSA) is 79.0 Å². The van der Waals surface area contributed by atoms with Gasteiger partial charge in [0.2, 0.25) is 10.0 Å². The van der Waals surface area contributed by atoms with Crippen LogP contribution in [0.5, 0.6) is 0 Å². The third-order valence-corrected chi connectivity index (χ3v) is 5.48. The van der Waals surface area contributed by atoms with Gasteiger partial charge in [-0.15, -0.1) is 0 Å². The third kappa shape index (κ3) is 6.18. The molecule has 0 bridgehead atoms. The van der Waals surface area contributed by atoms with Crippen molar-refractivity contribution in [3.8, 4) is 11.1 Å². The highest BCUT2D eigenvalue weighted by molar-refractivity contribution is 7.92. The first-order chi connectivity index (χ1) is 14.4. The highest BCUT2D eigenvalue weighted by Crippen LogP contribution is 2.29. The van der Waals surface area contributed by atoms with Crippen molar-refractivity contribution in [2.24, 2.45) is 0 Å². The Labute approximate surface area is 183 Å². The first kappa shape index (κ1) is 22.6. The van der Waals surface area contributed by atoms with E-state index in [1.807, 2.05) is 49.4 Å². The average Bonchev–Trinajstić information content (AvgIpc) is 2.65. The van der Waals surface area contributed by atoms with Crippen LogP contribution in [0, 0.1) is 6.92 Å². The molecule has 0 amide bonds. The number of nitrogens with one attached hydrogen (secondary N) is 2. The summed E-state index contributed by atoms with van der Waals surface area (Å²) in [6, 6.07) is 17.1. The number of aromatic nitrogens is 1. The van der Waals surface area contributed by atoms with Gasteiger partial charge in [0.15, 0.2) is 0 Å². The number of rotatable bonds is 5. The van der Waals surface area contributed by atoms with E-state index >= 15 is 0 Å². The van der Waals surface area contributed by atoms with Gasteiger partial charge < -0.3 is 4.98 Å². The quantitative estimate of drug-likeness (QED) is 0.540. The first-order valence-corrected chi connectivity index (χ1v) is 11.9. The van der Waals surface area contributed by atoms with Crippen LogP contribution >= 0.6 is 0 Å². The largest absolute Gasteiger partial charge is 0.326 e. The number of aromatic amines is 1. The molecule has 0 fully saturated rings. The van der Waals surface area contributed by atoms with Gasteiger partial charge in [-0.1, -0.05) is 57.2 Å². The maximum absolute atomic E-state index is 12.5. The smallest absolute Gasteiger partial charge is 0.256 e. The van der Waals surface area contributed by atoms with Crippen LogP contribution in [0.15, 0.2) is 59.4 Å². The number of H-pyrrole nitrogens is 1. The van der Waals surface area contributed by atoms with Gasteiger partial charge >= 0.3 is 0 Å². The Balaban J connectivity index is 1.98. The van der Waals surface area contributed by atoms with E-state index in [0.717, 1.165) is 34.2 Å². The van der Waals surface area contributed by atoms with Crippen LogP contribution in [0.1, 0.15) is 43.2 Å². The Morgan fingerprint density at radius 3 is 2.13 bits per heavy atom. The molecular weight excluding hydrogens is 408 g/mol. The predicted octanol–water partition coefficient (Wildman–Crippen LogP) is 5.19. The van der Waals surface area contributed by atoms with Crippen molar-refractivity contribution in [1.82, 2.24) is 4.98 Å². The Morgan fingerprint density at radius 2 is 1.55 bits per heavy atom. The third-order valence-electron chi connectivity index (χ3n) is 4.87. The zero-order chi connectivity index (χ0) is 22.8. The number of sulfonamides is 1. The van der Waals surface area contributed by atoms with E-state index in [9.17, 15) is 13.2 Å². The molecule has 0 aliphatic carbocycles. The van der Waals surface area contributed by atoms with Gasteiger partial charge in [0.25, 0.3) is 5.56 Å². The van der Waals surface area contributed by atoms with Crippen molar-refractivity contribution >= 4 is 27.9 Å². The van der Waals surface area contributed by atoms with E-state index in [0.29, 0.717) is 11.3 Å². The molecule has 31 heavy (non-hydrogen) atoms. The molecule has 0 saturated heterocycles. The van der Waals surface area contributed by atoms with Crippen molar-refractivity contribution in [3.63, 3.8) is 0 Å². The number of benzene rings is 2. The van der Waals surface area contributed by atoms with E-state index in [4.69, 9.17) is 0 Å². The summed E-state index contributed by atoms with van der Waals surface area (Å²) >= 11 is 0. The predicted molar refractivity (Wildman–Crippen MR) is 130 cm³/mol. The maximum atomic E-state index is 12.5. The highest BCUT2D eigenvalue weighted by Gasteiger charge is 2.16. The second-order valence-electron chi connectivity index (χ2n) is 8.81. The van der Waals surface area contributed by atoms with E-state index < -0.39 is 10.0 Å². The van der Waals surface area contributed by atoms with Crippen molar-refractivity contribution in [2.45, 2.75) is 33.1 Å². The normalized spacial score (nSPS) is 12.3. The molecule has 0 radical (unpaired) electrons. The molecule has 2 N–H and O–H groups in total. The summed E-state index contributed by atoms with van der Waals surface area (Å²) in [4.78, 5) is 15.4. The zero-order valence-corrected chi connectivity index (χ0v) is 19.3. The average molecular weight is 437 g/mol. The SMILES string of the molecule is Cc1ccc(-c2cc(/C=C/c3ccc(NS(C)(=O)=O)cc3)cc(C(C)(C)C)c2)c(=O)[nH]1. The summed E-state index contributed by atoms with van der Waals surface area (Å²) in [6.07, 6.45) is 5.09. The molecule has 0 spiro atoms. The van der Waals surface area contributed by atoms with Crippen molar-refractivity contribution in [2.75, 3.05) is 11.0 Å². The lowest BCUT2D eigenvalue weighted by Crippen LogP contribution is -2.13. The van der Waals surface area contributed by atoms with E-state index in [-0.39, 0.29) is 11.0 Å². The van der Waals surface area contributed by atoms with Crippen molar-refractivity contribution < 1.29 is 8.42 Å². The van der Waals surface area contributed by atoms with Crippen molar-refractivity contribution in [3.05, 3.63) is 87.3 Å². The van der Waals surface area contributed by atoms with Gasteiger partial charge in [-0.05, 0) is 64.9 Å². The zero-order valence-electron chi connectivity index (χ0n) is 18.5. The summed E-state index contributed by atoms with van der Waals surface area (Å²) < 4.78 is 25.2. The number of hydrogen-bond acceptors (Lipinski definition) is 3. The molecule has 0 aliphatic rings. The lowest BCUT2D eigenvalue weighted by Gasteiger charge is -2.21. The minimum atomic E-state index is -3.30. The summed E-state index contributed by atoms with van der Waals surface area (Å²) in [7, 11) is -3.30. The highest BCUT2D eigenvalue weighted by atomic mass is 32.2. The fraction of sp³-hybridized carbons (Fsp3) is 0.240. The molecule has 5 nitrogen and oxygen atoms in total. The lowest BCUT2D eigenvalue weighted by atomic mass is 9.84. The fourth-order valence-electron chi connectivity index (χ4n) is 3.20. The summed E-state index contributed by atoms with van der Waals surface area (Å²) in [5.74, 6) is 0. The van der Waals surface area contributed by atoms with Crippen LogP contribution in [-0.2, 0) is 15.4 Å². The molecule has 2 aromatic carbocycles. The lowest BCUT2D eigenvalue weighted by molar-refractivity contribution is 0.590. The van der Waals surface area contributed by atoms with Gasteiger partial charge in [0.1, 0.15) is 0 Å². The monoisotopic (exact) mass is 436 g/mol. The molecular formula is C25H28N2O3S. The molecule has 3 rings (SSSR count). The fourth-order valence-corrected chi connectivity index (χ4v) is 3.77. The molecule has 0 atom stereocenters. The van der Waals surface area contributed by atoms with Gasteiger partial charge in [-0.3, -0.25) is 9.52 Å². The van der Waals surface area contributed by atoms with Crippen LogP contribution in [0.2, 0.25) is 0 Å². The number of hydrogen-bond donors (Lipinski definition) is 2. The van der Waals surface area contributed by atoms with Crippen LogP contribution in [-0.4, -0.2) is 19.7 Å². The number of anilines is 1. The van der Waals surface area contributed by atoms with Crippen LogP contribution in [0.25, 0.3) is 23.3 Å². The molecule has 1 heterocycles. The van der Waals surface area contributed by atoms with E-state index in [2.05, 4.69) is 42.6 Å². The Morgan fingerprint density at radius 1 is 0.903 bits per heavy atom. The Kier molecular flexibility index (Phi) is 6.23. The van der Waals surface area contributed by atoms with E-state index in [1.54, 1.807) is 12.1 Å². The number of aryl methyl sites for hydroxylation is 1. The maximum Gasteiger partial charge on any atom is 0.256 e. The van der Waals surface area contributed by atoms with Crippen molar-refractivity contribution in [1.29, 1.82) is 0 Å². The molecule has 3 aromatic rings. The van der Waals surface area contributed by atoms with E-state index in [1.165, 1.54) is 0 Å². The van der Waals surface area contributed by atoms with Gasteiger partial charge in [-0.25, -0.2) is 8.42 Å². The summed E-state index contributed by atoms with van der Waals surface area (Å²) in [5, 5.41) is 0. The summed E-state index contributed by atoms with van der Waals surface area (Å²) in [5.41, 5.74) is 5.76. The van der Waals surface area contributed by atoms with Gasteiger partial charge in [0, 0.05) is 16.9 Å². The molecule has 162 valence electrons. The minimum absolute atomic E-state index is 0.0744. The molecule has 1 aromatic heterocycles. The minimum Gasteiger partial charge on any atom is -0.326 e.